The van der Waals surface area contributed by atoms with Gasteiger partial charge in [-0.2, -0.15) is 0 Å². The van der Waals surface area contributed by atoms with E-state index in [4.69, 9.17) is 14.2 Å². The number of benzene rings is 1. The first-order valence-electron chi connectivity index (χ1n) is 6.63. The van der Waals surface area contributed by atoms with Gasteiger partial charge in [0.1, 0.15) is 6.10 Å². The van der Waals surface area contributed by atoms with Gasteiger partial charge in [0.2, 0.25) is 12.5 Å². The van der Waals surface area contributed by atoms with Crippen LogP contribution in [0.5, 0.6) is 17.2 Å². The van der Waals surface area contributed by atoms with Gasteiger partial charge in [-0.15, -0.1) is 0 Å². The lowest BCUT2D eigenvalue weighted by Gasteiger charge is -2.35. The second-order valence-corrected chi connectivity index (χ2v) is 5.19. The smallest absolute Gasteiger partial charge is 0.231 e. The molecular formula is C14H18O6. The maximum absolute atomic E-state index is 10.2. The number of ether oxygens (including phenoxy) is 3. The fourth-order valence-corrected chi connectivity index (χ4v) is 2.89. The van der Waals surface area contributed by atoms with Crippen molar-refractivity contribution in [3.8, 4) is 17.2 Å². The average molecular weight is 282 g/mol. The Labute approximate surface area is 116 Å². The summed E-state index contributed by atoms with van der Waals surface area (Å²) in [6.45, 7) is 0.143. The molecule has 0 unspecified atom stereocenters. The molecule has 1 aromatic carbocycles. The topological polar surface area (TPSA) is 88.4 Å². The van der Waals surface area contributed by atoms with Gasteiger partial charge in [-0.05, 0) is 30.5 Å². The highest BCUT2D eigenvalue weighted by Crippen LogP contribution is 2.45. The Morgan fingerprint density at radius 3 is 2.65 bits per heavy atom. The molecule has 3 N–H and O–H groups in total. The molecule has 1 aliphatic heterocycles. The second kappa shape index (κ2) is 5.12. The van der Waals surface area contributed by atoms with Crippen LogP contribution in [0.3, 0.4) is 0 Å². The summed E-state index contributed by atoms with van der Waals surface area (Å²) >= 11 is 0. The number of methoxy groups -OCH3 is 1. The van der Waals surface area contributed by atoms with Gasteiger partial charge in [0.05, 0.1) is 19.3 Å². The van der Waals surface area contributed by atoms with E-state index in [1.165, 1.54) is 7.11 Å². The molecular weight excluding hydrogens is 264 g/mol. The minimum absolute atomic E-state index is 0.143. The summed E-state index contributed by atoms with van der Waals surface area (Å²) in [5, 5.41) is 29.6. The van der Waals surface area contributed by atoms with Crippen molar-refractivity contribution in [2.45, 2.75) is 37.1 Å². The highest BCUT2D eigenvalue weighted by atomic mass is 16.7. The summed E-state index contributed by atoms with van der Waals surface area (Å²) in [7, 11) is 1.54. The first kappa shape index (κ1) is 13.5. The van der Waals surface area contributed by atoms with E-state index >= 15 is 0 Å². The van der Waals surface area contributed by atoms with Crippen molar-refractivity contribution in [3.63, 3.8) is 0 Å². The van der Waals surface area contributed by atoms with Gasteiger partial charge in [-0.25, -0.2) is 0 Å². The minimum Gasteiger partial charge on any atom is -0.493 e. The number of hydrogen-bond acceptors (Lipinski definition) is 6. The van der Waals surface area contributed by atoms with Crippen LogP contribution in [0.1, 0.15) is 24.3 Å². The molecule has 0 aromatic heterocycles. The Morgan fingerprint density at radius 1 is 1.10 bits per heavy atom. The maximum atomic E-state index is 10.2. The third-order valence-electron chi connectivity index (χ3n) is 4.04. The van der Waals surface area contributed by atoms with E-state index in [0.717, 1.165) is 5.56 Å². The molecule has 4 atom stereocenters. The normalized spacial score (nSPS) is 32.2. The third-order valence-corrected chi connectivity index (χ3v) is 4.04. The predicted molar refractivity (Wildman–Crippen MR) is 69.1 cm³/mol. The highest BCUT2D eigenvalue weighted by Gasteiger charge is 2.38. The minimum atomic E-state index is -1.13. The van der Waals surface area contributed by atoms with Gasteiger partial charge in [0.15, 0.2) is 11.5 Å². The van der Waals surface area contributed by atoms with Crippen molar-refractivity contribution in [3.05, 3.63) is 17.7 Å². The number of rotatable bonds is 2. The van der Waals surface area contributed by atoms with Crippen LogP contribution in [0, 0.1) is 0 Å². The lowest BCUT2D eigenvalue weighted by atomic mass is 9.78. The molecule has 0 saturated heterocycles. The molecule has 1 heterocycles. The van der Waals surface area contributed by atoms with E-state index in [1.54, 1.807) is 12.1 Å². The Kier molecular flexibility index (Phi) is 3.45. The molecule has 6 nitrogen and oxygen atoms in total. The second-order valence-electron chi connectivity index (χ2n) is 5.19. The van der Waals surface area contributed by atoms with E-state index in [1.807, 2.05) is 0 Å². The quantitative estimate of drug-likeness (QED) is 0.727. The molecule has 0 bridgehead atoms. The van der Waals surface area contributed by atoms with Gasteiger partial charge in [0.25, 0.3) is 0 Å². The molecule has 1 saturated carbocycles. The molecule has 0 radical (unpaired) electrons. The lowest BCUT2D eigenvalue weighted by molar-refractivity contribution is -0.0941. The van der Waals surface area contributed by atoms with E-state index in [0.29, 0.717) is 30.1 Å². The zero-order chi connectivity index (χ0) is 14.3. The largest absolute Gasteiger partial charge is 0.493 e. The van der Waals surface area contributed by atoms with E-state index in [2.05, 4.69) is 0 Å². The van der Waals surface area contributed by atoms with Crippen molar-refractivity contribution in [2.75, 3.05) is 13.9 Å². The molecule has 3 rings (SSSR count). The number of aliphatic hydroxyl groups is 3. The van der Waals surface area contributed by atoms with Crippen LogP contribution < -0.4 is 14.2 Å². The fraction of sp³-hybridized carbons (Fsp3) is 0.571. The summed E-state index contributed by atoms with van der Waals surface area (Å²) in [4.78, 5) is 0. The number of aliphatic hydroxyl groups excluding tert-OH is 3. The summed E-state index contributed by atoms with van der Waals surface area (Å²) in [5.41, 5.74) is 0.810. The monoisotopic (exact) mass is 282 g/mol. The molecule has 0 spiro atoms. The molecule has 1 fully saturated rings. The Hall–Kier alpha value is -1.50. The molecule has 20 heavy (non-hydrogen) atoms. The SMILES string of the molecule is COc1cc([C@@H]2CC[C@H](O)[C@@H](O)[C@@H]2O)cc2c1OCO2. The highest BCUT2D eigenvalue weighted by molar-refractivity contribution is 5.55. The van der Waals surface area contributed by atoms with E-state index in [9.17, 15) is 15.3 Å². The first-order valence-corrected chi connectivity index (χ1v) is 6.63. The van der Waals surface area contributed by atoms with Crippen LogP contribution in [0.15, 0.2) is 12.1 Å². The zero-order valence-electron chi connectivity index (χ0n) is 11.2. The van der Waals surface area contributed by atoms with Crippen molar-refractivity contribution in [1.29, 1.82) is 0 Å². The zero-order valence-corrected chi connectivity index (χ0v) is 11.2. The van der Waals surface area contributed by atoms with Crippen molar-refractivity contribution >= 4 is 0 Å². The molecule has 6 heteroatoms. The van der Waals surface area contributed by atoms with Crippen molar-refractivity contribution in [1.82, 2.24) is 0 Å². The van der Waals surface area contributed by atoms with Crippen LogP contribution in [0.4, 0.5) is 0 Å². The van der Waals surface area contributed by atoms with Gasteiger partial charge in [-0.3, -0.25) is 0 Å². The standard InChI is InChI=1S/C14H18O6/c1-18-10-4-7(5-11-14(10)20-6-19-11)8-2-3-9(15)13(17)12(8)16/h4-5,8-9,12-13,15-17H,2-3,6H2,1H3/t8-,9-,12+,13+/m0/s1. The Balaban J connectivity index is 1.94. The van der Waals surface area contributed by atoms with Crippen LogP contribution in [0.25, 0.3) is 0 Å². The molecule has 2 aliphatic rings. The molecule has 110 valence electrons. The van der Waals surface area contributed by atoms with E-state index < -0.39 is 18.3 Å². The van der Waals surface area contributed by atoms with Gasteiger partial charge in [-0.1, -0.05) is 0 Å². The predicted octanol–water partition coefficient (Wildman–Crippen LogP) is 0.384. The Morgan fingerprint density at radius 2 is 1.90 bits per heavy atom. The van der Waals surface area contributed by atoms with E-state index in [-0.39, 0.29) is 12.7 Å². The van der Waals surface area contributed by atoms with Crippen LogP contribution >= 0.6 is 0 Å². The average Bonchev–Trinajstić information content (AvgIpc) is 2.92. The van der Waals surface area contributed by atoms with Crippen LogP contribution in [-0.2, 0) is 0 Å². The summed E-state index contributed by atoms with van der Waals surface area (Å²) < 4.78 is 16.0. The van der Waals surface area contributed by atoms with Crippen molar-refractivity contribution < 1.29 is 29.5 Å². The fourth-order valence-electron chi connectivity index (χ4n) is 2.89. The summed E-state index contributed by atoms with van der Waals surface area (Å²) in [6.07, 6.45) is -1.99. The molecule has 1 aromatic rings. The molecule has 0 amide bonds. The van der Waals surface area contributed by atoms with Gasteiger partial charge in [0, 0.05) is 5.92 Å². The maximum Gasteiger partial charge on any atom is 0.231 e. The Bertz CT molecular complexity index is 503. The first-order chi connectivity index (χ1) is 9.61. The van der Waals surface area contributed by atoms with Crippen LogP contribution in [0.2, 0.25) is 0 Å². The number of hydrogen-bond donors (Lipinski definition) is 3. The number of fused-ring (bicyclic) bond motifs is 1. The van der Waals surface area contributed by atoms with Gasteiger partial charge < -0.3 is 29.5 Å². The summed E-state index contributed by atoms with van der Waals surface area (Å²) in [6, 6.07) is 3.58. The van der Waals surface area contributed by atoms with Crippen molar-refractivity contribution in [2.24, 2.45) is 0 Å². The molecule has 1 aliphatic carbocycles. The lowest BCUT2D eigenvalue weighted by Crippen LogP contribution is -2.45. The summed E-state index contributed by atoms with van der Waals surface area (Å²) in [5.74, 6) is 1.41. The van der Waals surface area contributed by atoms with Crippen LogP contribution in [-0.4, -0.2) is 47.5 Å². The van der Waals surface area contributed by atoms with Gasteiger partial charge >= 0.3 is 0 Å². The third kappa shape index (κ3) is 2.09.